The van der Waals surface area contributed by atoms with Gasteiger partial charge in [-0.3, -0.25) is 0 Å². The molecule has 0 radical (unpaired) electrons. The Bertz CT molecular complexity index is 382. The van der Waals surface area contributed by atoms with Crippen LogP contribution >= 0.6 is 0 Å². The number of nitrogens with two attached hydrogens (primary N) is 1. The molecule has 0 bridgehead atoms. The van der Waals surface area contributed by atoms with Gasteiger partial charge in [-0.15, -0.1) is 0 Å². The van der Waals surface area contributed by atoms with Crippen molar-refractivity contribution in [2.24, 2.45) is 5.73 Å². The normalized spacial score (nSPS) is 20.3. The molecular formula is C11H14N4. The summed E-state index contributed by atoms with van der Waals surface area (Å²) < 4.78 is 0. The van der Waals surface area contributed by atoms with Gasteiger partial charge in [-0.05, 0) is 25.0 Å². The first kappa shape index (κ1) is 9.94. The number of aromatic nitrogens is 1. The number of hydrogen-bond acceptors (Lipinski definition) is 4. The van der Waals surface area contributed by atoms with Crippen molar-refractivity contribution in [2.45, 2.75) is 18.9 Å². The third-order valence-electron chi connectivity index (χ3n) is 2.83. The van der Waals surface area contributed by atoms with Crippen molar-refractivity contribution in [3.05, 3.63) is 23.9 Å². The highest BCUT2D eigenvalue weighted by Gasteiger charge is 2.25. The van der Waals surface area contributed by atoms with Crippen molar-refractivity contribution in [1.82, 2.24) is 4.98 Å². The highest BCUT2D eigenvalue weighted by atomic mass is 15.2. The fourth-order valence-electron chi connectivity index (χ4n) is 2.07. The number of anilines is 1. The van der Waals surface area contributed by atoms with Crippen LogP contribution in [-0.2, 0) is 0 Å². The van der Waals surface area contributed by atoms with Crippen molar-refractivity contribution in [3.8, 4) is 6.07 Å². The minimum atomic E-state index is 0.340. The van der Waals surface area contributed by atoms with Crippen LogP contribution in [-0.4, -0.2) is 24.1 Å². The lowest BCUT2D eigenvalue weighted by atomic mass is 10.2. The molecule has 1 aliphatic rings. The molecule has 78 valence electrons. The molecule has 0 aromatic carbocycles. The predicted octanol–water partition coefficient (Wildman–Crippen LogP) is 0.881. The van der Waals surface area contributed by atoms with Gasteiger partial charge in [0.05, 0.1) is 5.56 Å². The molecule has 0 amide bonds. The highest BCUT2D eigenvalue weighted by Crippen LogP contribution is 2.25. The largest absolute Gasteiger partial charge is 0.351 e. The van der Waals surface area contributed by atoms with Crippen LogP contribution in [0.5, 0.6) is 0 Å². The average Bonchev–Trinajstić information content (AvgIpc) is 2.76. The smallest absolute Gasteiger partial charge is 0.146 e. The summed E-state index contributed by atoms with van der Waals surface area (Å²) in [4.78, 5) is 6.43. The lowest BCUT2D eigenvalue weighted by Gasteiger charge is -2.25. The lowest BCUT2D eigenvalue weighted by Crippen LogP contribution is -2.36. The van der Waals surface area contributed by atoms with E-state index in [4.69, 9.17) is 11.0 Å². The Morgan fingerprint density at radius 3 is 3.27 bits per heavy atom. The Balaban J connectivity index is 2.33. The van der Waals surface area contributed by atoms with Gasteiger partial charge in [0.2, 0.25) is 0 Å². The molecule has 2 N–H and O–H groups in total. The molecule has 4 heteroatoms. The minimum Gasteiger partial charge on any atom is -0.351 e. The van der Waals surface area contributed by atoms with Gasteiger partial charge >= 0.3 is 0 Å². The van der Waals surface area contributed by atoms with Crippen LogP contribution < -0.4 is 10.6 Å². The van der Waals surface area contributed by atoms with Crippen LogP contribution in [0.15, 0.2) is 18.3 Å². The van der Waals surface area contributed by atoms with Crippen LogP contribution in [0.25, 0.3) is 0 Å². The van der Waals surface area contributed by atoms with Gasteiger partial charge in [0.25, 0.3) is 0 Å². The topological polar surface area (TPSA) is 65.9 Å². The van der Waals surface area contributed by atoms with Gasteiger partial charge in [0.15, 0.2) is 0 Å². The monoisotopic (exact) mass is 202 g/mol. The van der Waals surface area contributed by atoms with E-state index < -0.39 is 0 Å². The Hall–Kier alpha value is -1.60. The molecule has 1 saturated heterocycles. The molecular weight excluding hydrogens is 188 g/mol. The second-order valence-electron chi connectivity index (χ2n) is 3.71. The molecule has 1 atom stereocenters. The van der Waals surface area contributed by atoms with Gasteiger partial charge in [-0.25, -0.2) is 4.98 Å². The maximum atomic E-state index is 8.99. The first-order valence-corrected chi connectivity index (χ1v) is 5.18. The van der Waals surface area contributed by atoms with E-state index in [0.717, 1.165) is 25.2 Å². The van der Waals surface area contributed by atoms with E-state index in [1.54, 1.807) is 18.3 Å². The Kier molecular flexibility index (Phi) is 2.84. The van der Waals surface area contributed by atoms with Crippen LogP contribution in [0.2, 0.25) is 0 Å². The fraction of sp³-hybridized carbons (Fsp3) is 0.455. The van der Waals surface area contributed by atoms with Gasteiger partial charge in [0.1, 0.15) is 11.9 Å². The van der Waals surface area contributed by atoms with E-state index in [1.165, 1.54) is 0 Å². The number of nitrogens with zero attached hydrogens (tertiary/aromatic N) is 3. The summed E-state index contributed by atoms with van der Waals surface area (Å²) in [5, 5.41) is 8.99. The maximum Gasteiger partial charge on any atom is 0.146 e. The number of pyridine rings is 1. The summed E-state index contributed by atoms with van der Waals surface area (Å²) in [5.74, 6) is 0.785. The molecule has 1 aromatic heterocycles. The Labute approximate surface area is 89.3 Å². The van der Waals surface area contributed by atoms with Gasteiger partial charge in [-0.1, -0.05) is 0 Å². The molecule has 0 spiro atoms. The zero-order chi connectivity index (χ0) is 10.7. The molecule has 1 aromatic rings. The number of rotatable bonds is 2. The van der Waals surface area contributed by atoms with Crippen LogP contribution in [0.4, 0.5) is 5.82 Å². The minimum absolute atomic E-state index is 0.340. The first-order chi connectivity index (χ1) is 7.36. The van der Waals surface area contributed by atoms with Gasteiger partial charge in [-0.2, -0.15) is 5.26 Å². The average molecular weight is 202 g/mol. The number of hydrogen-bond donors (Lipinski definition) is 1. The molecule has 0 saturated carbocycles. The second-order valence-corrected chi connectivity index (χ2v) is 3.71. The quantitative estimate of drug-likeness (QED) is 0.773. The summed E-state index contributed by atoms with van der Waals surface area (Å²) in [6.07, 6.45) is 3.95. The summed E-state index contributed by atoms with van der Waals surface area (Å²) in [6.45, 7) is 1.58. The van der Waals surface area contributed by atoms with Crippen LogP contribution in [0, 0.1) is 11.3 Å². The molecule has 0 aliphatic carbocycles. The van der Waals surface area contributed by atoms with Crippen molar-refractivity contribution in [3.63, 3.8) is 0 Å². The second kappa shape index (κ2) is 4.28. The summed E-state index contributed by atoms with van der Waals surface area (Å²) in [5.41, 5.74) is 6.34. The van der Waals surface area contributed by atoms with E-state index in [-0.39, 0.29) is 0 Å². The highest BCUT2D eigenvalue weighted by molar-refractivity contribution is 5.54. The van der Waals surface area contributed by atoms with Crippen molar-refractivity contribution >= 4 is 5.82 Å². The Morgan fingerprint density at radius 2 is 2.53 bits per heavy atom. The van der Waals surface area contributed by atoms with E-state index in [0.29, 0.717) is 18.2 Å². The molecule has 2 heterocycles. The summed E-state index contributed by atoms with van der Waals surface area (Å²) in [6, 6.07) is 6.10. The zero-order valence-electron chi connectivity index (χ0n) is 8.56. The molecule has 1 aliphatic heterocycles. The van der Waals surface area contributed by atoms with E-state index in [2.05, 4.69) is 16.0 Å². The summed E-state index contributed by atoms with van der Waals surface area (Å²) >= 11 is 0. The van der Waals surface area contributed by atoms with Gasteiger partial charge < -0.3 is 10.6 Å². The van der Waals surface area contributed by atoms with Crippen LogP contribution in [0.1, 0.15) is 18.4 Å². The standard InChI is InChI=1S/C11H14N4/c12-7-9-3-1-5-14-11(9)15-6-2-4-10(15)8-13/h1,3,5,10H,2,4,6,8,13H2/t10-/m1/s1. The molecule has 4 nitrogen and oxygen atoms in total. The first-order valence-electron chi connectivity index (χ1n) is 5.18. The van der Waals surface area contributed by atoms with E-state index >= 15 is 0 Å². The fourth-order valence-corrected chi connectivity index (χ4v) is 2.07. The van der Waals surface area contributed by atoms with Crippen molar-refractivity contribution in [1.29, 1.82) is 5.26 Å². The molecule has 0 unspecified atom stereocenters. The SMILES string of the molecule is N#Cc1cccnc1N1CCC[C@@H]1CN. The maximum absolute atomic E-state index is 8.99. The molecule has 15 heavy (non-hydrogen) atoms. The predicted molar refractivity (Wildman–Crippen MR) is 58.4 cm³/mol. The molecule has 2 rings (SSSR count). The van der Waals surface area contributed by atoms with Crippen molar-refractivity contribution in [2.75, 3.05) is 18.0 Å². The van der Waals surface area contributed by atoms with E-state index in [9.17, 15) is 0 Å². The van der Waals surface area contributed by atoms with Crippen molar-refractivity contribution < 1.29 is 0 Å². The van der Waals surface area contributed by atoms with Crippen LogP contribution in [0.3, 0.4) is 0 Å². The Morgan fingerprint density at radius 1 is 1.67 bits per heavy atom. The zero-order valence-corrected chi connectivity index (χ0v) is 8.56. The van der Waals surface area contributed by atoms with Gasteiger partial charge in [0, 0.05) is 25.3 Å². The summed E-state index contributed by atoms with van der Waals surface area (Å²) in [7, 11) is 0. The third kappa shape index (κ3) is 1.79. The number of nitriles is 1. The molecule has 1 fully saturated rings. The lowest BCUT2D eigenvalue weighted by molar-refractivity contribution is 0.671. The van der Waals surface area contributed by atoms with E-state index in [1.807, 2.05) is 0 Å². The third-order valence-corrected chi connectivity index (χ3v) is 2.83.